The fourth-order valence-corrected chi connectivity index (χ4v) is 2.75. The third kappa shape index (κ3) is 5.99. The summed E-state index contributed by atoms with van der Waals surface area (Å²) in [5.41, 5.74) is 4.84. The smallest absolute Gasteiger partial charge is 0.191 e. The Bertz CT molecular complexity index is 850. The van der Waals surface area contributed by atoms with Gasteiger partial charge in [-0.05, 0) is 25.0 Å². The molecule has 5 nitrogen and oxygen atoms in total. The number of guanidine groups is 1. The number of nitrogens with one attached hydrogen (secondary N) is 2. The topological polar surface area (TPSA) is 54.2 Å². The summed E-state index contributed by atoms with van der Waals surface area (Å²) in [6.07, 6.45) is 3.94. The Hall–Kier alpha value is -3.08. The van der Waals surface area contributed by atoms with Gasteiger partial charge in [-0.25, -0.2) is 4.99 Å². The fourth-order valence-electron chi connectivity index (χ4n) is 2.75. The maximum absolute atomic E-state index is 4.68. The van der Waals surface area contributed by atoms with Crippen LogP contribution >= 0.6 is 0 Å². The number of rotatable bonds is 7. The first-order chi connectivity index (χ1) is 13.2. The van der Waals surface area contributed by atoms with Crippen molar-refractivity contribution < 1.29 is 0 Å². The van der Waals surface area contributed by atoms with E-state index in [1.165, 1.54) is 16.7 Å². The second kappa shape index (κ2) is 9.57. The van der Waals surface area contributed by atoms with Gasteiger partial charge in [0, 0.05) is 24.8 Å². The molecule has 0 aliphatic carbocycles. The summed E-state index contributed by atoms with van der Waals surface area (Å²) in [5, 5.41) is 11.1. The van der Waals surface area contributed by atoms with Gasteiger partial charge in [0.2, 0.25) is 0 Å². The Kier molecular flexibility index (Phi) is 6.63. The molecule has 0 fully saturated rings. The van der Waals surface area contributed by atoms with Crippen LogP contribution in [0.4, 0.5) is 0 Å². The Balaban J connectivity index is 1.57. The molecule has 0 saturated heterocycles. The number of nitrogens with zero attached hydrogens (tertiary/aromatic N) is 3. The molecule has 0 radical (unpaired) electrons. The predicted molar refractivity (Wildman–Crippen MR) is 111 cm³/mol. The number of hydrogen-bond acceptors (Lipinski definition) is 2. The number of aliphatic imine (C=N–C) groups is 1. The molecule has 140 valence electrons. The molecule has 0 aliphatic rings. The van der Waals surface area contributed by atoms with Crippen molar-refractivity contribution in [3.8, 4) is 0 Å². The third-order valence-corrected chi connectivity index (χ3v) is 4.22. The number of aryl methyl sites for hydroxylation is 1. The zero-order chi connectivity index (χ0) is 18.9. The number of hydrogen-bond donors (Lipinski definition) is 2. The predicted octanol–water partition coefficient (Wildman–Crippen LogP) is 3.50. The maximum Gasteiger partial charge on any atom is 0.191 e. The van der Waals surface area contributed by atoms with E-state index in [0.717, 1.165) is 31.2 Å². The summed E-state index contributed by atoms with van der Waals surface area (Å²) in [7, 11) is 0. The standard InChI is InChI=1S/C22H27N5/c1-3-23-22(24-13-19-11-9-18(2)10-12-19)25-14-21-15-26-27(17-21)16-20-7-5-4-6-8-20/h4-12,15,17H,3,13-14,16H2,1-2H3,(H2,23,24,25). The van der Waals surface area contributed by atoms with E-state index in [1.54, 1.807) is 0 Å². The van der Waals surface area contributed by atoms with Crippen LogP contribution in [-0.2, 0) is 19.6 Å². The first kappa shape index (κ1) is 18.7. The average Bonchev–Trinajstić information content (AvgIpc) is 3.13. The first-order valence-corrected chi connectivity index (χ1v) is 9.36. The molecule has 0 bridgehead atoms. The Morgan fingerprint density at radius 1 is 0.963 bits per heavy atom. The van der Waals surface area contributed by atoms with Gasteiger partial charge in [0.05, 0.1) is 19.3 Å². The molecule has 5 heteroatoms. The van der Waals surface area contributed by atoms with Gasteiger partial charge in [-0.2, -0.15) is 5.10 Å². The van der Waals surface area contributed by atoms with Crippen LogP contribution in [0.25, 0.3) is 0 Å². The summed E-state index contributed by atoms with van der Waals surface area (Å²) < 4.78 is 1.95. The van der Waals surface area contributed by atoms with E-state index >= 15 is 0 Å². The lowest BCUT2D eigenvalue weighted by Gasteiger charge is -2.11. The molecule has 1 aromatic heterocycles. The quantitative estimate of drug-likeness (QED) is 0.500. The monoisotopic (exact) mass is 361 g/mol. The van der Waals surface area contributed by atoms with Crippen LogP contribution in [0.1, 0.15) is 29.2 Å². The molecule has 0 saturated carbocycles. The van der Waals surface area contributed by atoms with Gasteiger partial charge in [-0.1, -0.05) is 60.2 Å². The molecule has 0 unspecified atom stereocenters. The van der Waals surface area contributed by atoms with Crippen molar-refractivity contribution in [2.24, 2.45) is 4.99 Å². The van der Waals surface area contributed by atoms with Gasteiger partial charge in [0.15, 0.2) is 5.96 Å². The zero-order valence-corrected chi connectivity index (χ0v) is 16.0. The first-order valence-electron chi connectivity index (χ1n) is 9.36. The van der Waals surface area contributed by atoms with Crippen molar-refractivity contribution in [3.05, 3.63) is 89.2 Å². The molecule has 3 rings (SSSR count). The zero-order valence-electron chi connectivity index (χ0n) is 16.0. The van der Waals surface area contributed by atoms with Gasteiger partial charge < -0.3 is 10.6 Å². The van der Waals surface area contributed by atoms with Crippen LogP contribution < -0.4 is 10.6 Å². The van der Waals surface area contributed by atoms with Crippen LogP contribution in [-0.4, -0.2) is 22.3 Å². The van der Waals surface area contributed by atoms with Crippen LogP contribution in [0, 0.1) is 6.92 Å². The molecular weight excluding hydrogens is 334 g/mol. The van der Waals surface area contributed by atoms with E-state index in [1.807, 2.05) is 29.1 Å². The molecule has 0 aliphatic heterocycles. The number of aromatic nitrogens is 2. The van der Waals surface area contributed by atoms with Gasteiger partial charge in [-0.3, -0.25) is 4.68 Å². The minimum absolute atomic E-state index is 0.595. The Labute approximate surface area is 161 Å². The SMILES string of the molecule is CCNC(=NCc1cnn(Cc2ccccc2)c1)NCc1ccc(C)cc1. The molecule has 1 heterocycles. The van der Waals surface area contributed by atoms with Crippen molar-refractivity contribution >= 4 is 5.96 Å². The second-order valence-electron chi connectivity index (χ2n) is 6.57. The second-order valence-corrected chi connectivity index (χ2v) is 6.57. The van der Waals surface area contributed by atoms with Gasteiger partial charge in [0.25, 0.3) is 0 Å². The van der Waals surface area contributed by atoms with Crippen molar-refractivity contribution in [2.75, 3.05) is 6.54 Å². The van der Waals surface area contributed by atoms with Crippen LogP contribution in [0.2, 0.25) is 0 Å². The van der Waals surface area contributed by atoms with E-state index in [-0.39, 0.29) is 0 Å². The average molecular weight is 361 g/mol. The highest BCUT2D eigenvalue weighted by Crippen LogP contribution is 2.05. The van der Waals surface area contributed by atoms with E-state index in [4.69, 9.17) is 0 Å². The van der Waals surface area contributed by atoms with Crippen LogP contribution in [0.15, 0.2) is 72.0 Å². The van der Waals surface area contributed by atoms with E-state index in [0.29, 0.717) is 6.54 Å². The molecular formula is C22H27N5. The molecule has 27 heavy (non-hydrogen) atoms. The molecule has 2 N–H and O–H groups in total. The van der Waals surface area contributed by atoms with Gasteiger partial charge in [0.1, 0.15) is 0 Å². The molecule has 0 atom stereocenters. The lowest BCUT2D eigenvalue weighted by molar-refractivity contribution is 0.686. The summed E-state index contributed by atoms with van der Waals surface area (Å²) in [5.74, 6) is 0.814. The lowest BCUT2D eigenvalue weighted by atomic mass is 10.1. The Morgan fingerprint density at radius 3 is 2.48 bits per heavy atom. The van der Waals surface area contributed by atoms with Crippen molar-refractivity contribution in [2.45, 2.75) is 33.5 Å². The summed E-state index contributed by atoms with van der Waals surface area (Å²) in [4.78, 5) is 4.68. The maximum atomic E-state index is 4.68. The molecule has 3 aromatic rings. The summed E-state index contributed by atoms with van der Waals surface area (Å²) in [6, 6.07) is 18.9. The lowest BCUT2D eigenvalue weighted by Crippen LogP contribution is -2.36. The molecule has 0 amide bonds. The van der Waals surface area contributed by atoms with E-state index in [9.17, 15) is 0 Å². The molecule has 2 aromatic carbocycles. The summed E-state index contributed by atoms with van der Waals surface area (Å²) in [6.45, 7) is 7.11. The van der Waals surface area contributed by atoms with Gasteiger partial charge in [-0.15, -0.1) is 0 Å². The van der Waals surface area contributed by atoms with E-state index < -0.39 is 0 Å². The summed E-state index contributed by atoms with van der Waals surface area (Å²) >= 11 is 0. The van der Waals surface area contributed by atoms with Gasteiger partial charge >= 0.3 is 0 Å². The third-order valence-electron chi connectivity index (χ3n) is 4.22. The highest BCUT2D eigenvalue weighted by Gasteiger charge is 2.02. The van der Waals surface area contributed by atoms with Crippen molar-refractivity contribution in [3.63, 3.8) is 0 Å². The minimum atomic E-state index is 0.595. The van der Waals surface area contributed by atoms with Crippen molar-refractivity contribution in [1.82, 2.24) is 20.4 Å². The minimum Gasteiger partial charge on any atom is -0.357 e. The number of benzene rings is 2. The van der Waals surface area contributed by atoms with Crippen LogP contribution in [0.3, 0.4) is 0 Å². The van der Waals surface area contributed by atoms with Crippen molar-refractivity contribution in [1.29, 1.82) is 0 Å². The largest absolute Gasteiger partial charge is 0.357 e. The Morgan fingerprint density at radius 2 is 1.74 bits per heavy atom. The van der Waals surface area contributed by atoms with E-state index in [2.05, 4.69) is 77.2 Å². The normalized spacial score (nSPS) is 11.4. The fraction of sp³-hybridized carbons (Fsp3) is 0.273. The highest BCUT2D eigenvalue weighted by atomic mass is 15.3. The molecule has 0 spiro atoms. The van der Waals surface area contributed by atoms with Crippen LogP contribution in [0.5, 0.6) is 0 Å². The highest BCUT2D eigenvalue weighted by molar-refractivity contribution is 5.79.